The van der Waals surface area contributed by atoms with E-state index in [9.17, 15) is 0 Å². The molecule has 0 radical (unpaired) electrons. The van der Waals surface area contributed by atoms with E-state index in [2.05, 4.69) is 191 Å². The Morgan fingerprint density at radius 2 is 1.06 bits per heavy atom. The highest BCUT2D eigenvalue weighted by atomic mass is 16.3. The van der Waals surface area contributed by atoms with E-state index in [0.29, 0.717) is 5.92 Å². The molecule has 0 saturated carbocycles. The zero-order valence-corrected chi connectivity index (χ0v) is 27.8. The Labute approximate surface area is 295 Å². The molecule has 2 unspecified atom stereocenters. The van der Waals surface area contributed by atoms with Crippen molar-refractivity contribution in [3.05, 3.63) is 188 Å². The standard InChI is InChI=1S/C48H32N2O/c1-5-19-43-37(15-1)38-16-2-6-20-44(38)49(43)35-14-10-13-33(28-35)31-11-9-12-32(27-31)34-23-25-47-41(29-34)42-30-36(24-26-48(42)51-47)50-45-21-7-3-17-39(45)40-18-4-8-22-46(40)50/h1-30,39,45H. The molecule has 0 saturated heterocycles. The monoisotopic (exact) mass is 652 g/mol. The van der Waals surface area contributed by atoms with E-state index >= 15 is 0 Å². The summed E-state index contributed by atoms with van der Waals surface area (Å²) in [5.74, 6) is 0.351. The number of allylic oxidation sites excluding steroid dienone is 2. The minimum Gasteiger partial charge on any atom is -0.456 e. The van der Waals surface area contributed by atoms with Crippen molar-refractivity contribution in [1.29, 1.82) is 0 Å². The molecule has 7 aromatic carbocycles. The Morgan fingerprint density at radius 1 is 0.431 bits per heavy atom. The van der Waals surface area contributed by atoms with Crippen LogP contribution >= 0.6 is 0 Å². The van der Waals surface area contributed by atoms with Gasteiger partial charge >= 0.3 is 0 Å². The van der Waals surface area contributed by atoms with Crippen LogP contribution in [0.2, 0.25) is 0 Å². The first-order valence-electron chi connectivity index (χ1n) is 17.7. The number of furan rings is 1. The molecule has 9 aromatic rings. The number of fused-ring (bicyclic) bond motifs is 9. The molecule has 2 aliphatic rings. The number of hydrogen-bond donors (Lipinski definition) is 0. The minimum atomic E-state index is 0.259. The maximum atomic E-state index is 6.39. The highest BCUT2D eigenvalue weighted by Gasteiger charge is 2.37. The lowest BCUT2D eigenvalue weighted by Gasteiger charge is -2.28. The van der Waals surface area contributed by atoms with E-state index in [4.69, 9.17) is 4.42 Å². The Balaban J connectivity index is 0.989. The summed E-state index contributed by atoms with van der Waals surface area (Å²) in [5.41, 5.74) is 14.0. The van der Waals surface area contributed by atoms with Gasteiger partial charge < -0.3 is 13.9 Å². The first kappa shape index (κ1) is 28.3. The van der Waals surface area contributed by atoms with Crippen LogP contribution in [-0.4, -0.2) is 10.6 Å². The Kier molecular flexibility index (Phi) is 6.08. The molecule has 0 fully saturated rings. The molecule has 1 aliphatic carbocycles. The lowest BCUT2D eigenvalue weighted by molar-refractivity contribution is 0.669. The number of aromatic nitrogens is 1. The molecule has 11 rings (SSSR count). The van der Waals surface area contributed by atoms with Gasteiger partial charge in [0.15, 0.2) is 0 Å². The quantitative estimate of drug-likeness (QED) is 0.189. The molecule has 0 N–H and O–H groups in total. The van der Waals surface area contributed by atoms with Gasteiger partial charge in [-0.05, 0) is 94.5 Å². The second kappa shape index (κ2) is 11.0. The van der Waals surface area contributed by atoms with Crippen molar-refractivity contribution in [3.63, 3.8) is 0 Å². The summed E-state index contributed by atoms with van der Waals surface area (Å²) in [5, 5.41) is 4.81. The van der Waals surface area contributed by atoms with Gasteiger partial charge in [0.05, 0.1) is 17.1 Å². The van der Waals surface area contributed by atoms with Gasteiger partial charge in [0.2, 0.25) is 0 Å². The fraction of sp³-hybridized carbons (Fsp3) is 0.0417. The number of benzene rings is 7. The average molecular weight is 653 g/mol. The van der Waals surface area contributed by atoms with Gasteiger partial charge in [0, 0.05) is 44.5 Å². The number of para-hydroxylation sites is 3. The third-order valence-electron chi connectivity index (χ3n) is 10.9. The van der Waals surface area contributed by atoms with Crippen molar-refractivity contribution >= 4 is 55.1 Å². The molecule has 2 atom stereocenters. The maximum Gasteiger partial charge on any atom is 0.135 e. The smallest absolute Gasteiger partial charge is 0.135 e. The summed E-state index contributed by atoms with van der Waals surface area (Å²) in [7, 11) is 0. The summed E-state index contributed by atoms with van der Waals surface area (Å²) >= 11 is 0. The SMILES string of the molecule is C1=CC2c3ccccc3N(c3ccc4oc5ccc(-c6cccc(-c7cccc(-n8c9ccccc9c9ccccc98)c7)c6)cc5c4c3)C2C=C1. The lowest BCUT2D eigenvalue weighted by atomic mass is 9.91. The molecule has 2 aromatic heterocycles. The fourth-order valence-corrected chi connectivity index (χ4v) is 8.59. The van der Waals surface area contributed by atoms with Gasteiger partial charge in [0.25, 0.3) is 0 Å². The van der Waals surface area contributed by atoms with E-state index in [1.165, 1.54) is 61.0 Å². The number of anilines is 2. The summed E-state index contributed by atoms with van der Waals surface area (Å²) < 4.78 is 8.78. The summed E-state index contributed by atoms with van der Waals surface area (Å²) in [6.45, 7) is 0. The lowest BCUT2D eigenvalue weighted by Crippen LogP contribution is -2.28. The van der Waals surface area contributed by atoms with E-state index in [1.807, 2.05) is 0 Å². The second-order valence-corrected chi connectivity index (χ2v) is 13.7. The van der Waals surface area contributed by atoms with Crippen molar-refractivity contribution in [2.24, 2.45) is 0 Å². The van der Waals surface area contributed by atoms with Crippen LogP contribution in [0.1, 0.15) is 11.5 Å². The van der Waals surface area contributed by atoms with Crippen LogP contribution in [0.25, 0.3) is 71.7 Å². The normalized spacial score (nSPS) is 16.4. The van der Waals surface area contributed by atoms with Gasteiger partial charge in [-0.1, -0.05) is 115 Å². The first-order chi connectivity index (χ1) is 25.3. The summed E-state index contributed by atoms with van der Waals surface area (Å²) in [6.07, 6.45) is 9.00. The van der Waals surface area contributed by atoms with Crippen molar-refractivity contribution < 1.29 is 4.42 Å². The van der Waals surface area contributed by atoms with E-state index < -0.39 is 0 Å². The highest BCUT2D eigenvalue weighted by Crippen LogP contribution is 2.48. The molecule has 3 heterocycles. The van der Waals surface area contributed by atoms with Gasteiger partial charge in [0.1, 0.15) is 11.2 Å². The Bertz CT molecular complexity index is 2850. The Morgan fingerprint density at radius 3 is 1.86 bits per heavy atom. The van der Waals surface area contributed by atoms with Crippen molar-refractivity contribution in [2.45, 2.75) is 12.0 Å². The van der Waals surface area contributed by atoms with Crippen LogP contribution in [0, 0.1) is 0 Å². The summed E-state index contributed by atoms with van der Waals surface area (Å²) in [4.78, 5) is 2.49. The van der Waals surface area contributed by atoms with Gasteiger partial charge in [-0.25, -0.2) is 0 Å². The predicted octanol–water partition coefficient (Wildman–Crippen LogP) is 12.7. The predicted molar refractivity (Wildman–Crippen MR) is 212 cm³/mol. The first-order valence-corrected chi connectivity index (χ1v) is 17.7. The number of nitrogens with zero attached hydrogens (tertiary/aromatic N) is 2. The van der Waals surface area contributed by atoms with Gasteiger partial charge in [-0.2, -0.15) is 0 Å². The van der Waals surface area contributed by atoms with E-state index in [-0.39, 0.29) is 6.04 Å². The molecule has 0 spiro atoms. The molecule has 240 valence electrons. The zero-order chi connectivity index (χ0) is 33.5. The van der Waals surface area contributed by atoms with Crippen LogP contribution < -0.4 is 4.90 Å². The maximum absolute atomic E-state index is 6.39. The molecule has 1 aliphatic heterocycles. The van der Waals surface area contributed by atoms with Gasteiger partial charge in [-0.15, -0.1) is 0 Å². The highest BCUT2D eigenvalue weighted by molar-refractivity contribution is 6.10. The van der Waals surface area contributed by atoms with Crippen LogP contribution in [0.4, 0.5) is 11.4 Å². The third-order valence-corrected chi connectivity index (χ3v) is 10.9. The topological polar surface area (TPSA) is 21.3 Å². The van der Waals surface area contributed by atoms with Crippen LogP contribution in [0.5, 0.6) is 0 Å². The fourth-order valence-electron chi connectivity index (χ4n) is 8.59. The third kappa shape index (κ3) is 4.31. The summed E-state index contributed by atoms with van der Waals surface area (Å²) in [6, 6.07) is 57.5. The van der Waals surface area contributed by atoms with Crippen LogP contribution in [0.15, 0.2) is 186 Å². The molecular weight excluding hydrogens is 621 g/mol. The zero-order valence-electron chi connectivity index (χ0n) is 27.8. The molecular formula is C48H32N2O. The van der Waals surface area contributed by atoms with Crippen molar-refractivity contribution in [3.8, 4) is 27.9 Å². The van der Waals surface area contributed by atoms with Crippen molar-refractivity contribution in [2.75, 3.05) is 4.90 Å². The molecule has 3 nitrogen and oxygen atoms in total. The second-order valence-electron chi connectivity index (χ2n) is 13.7. The molecule has 0 amide bonds. The average Bonchev–Trinajstić information content (AvgIpc) is 3.85. The largest absolute Gasteiger partial charge is 0.456 e. The van der Waals surface area contributed by atoms with Crippen LogP contribution in [0.3, 0.4) is 0 Å². The number of hydrogen-bond acceptors (Lipinski definition) is 2. The van der Waals surface area contributed by atoms with Gasteiger partial charge in [-0.3, -0.25) is 0 Å². The molecule has 0 bridgehead atoms. The minimum absolute atomic E-state index is 0.259. The number of rotatable bonds is 4. The van der Waals surface area contributed by atoms with Crippen molar-refractivity contribution in [1.82, 2.24) is 4.57 Å². The van der Waals surface area contributed by atoms with E-state index in [0.717, 1.165) is 27.6 Å². The van der Waals surface area contributed by atoms with E-state index in [1.54, 1.807) is 0 Å². The molecule has 3 heteroatoms. The Hall–Kier alpha value is -6.58. The molecule has 51 heavy (non-hydrogen) atoms. The van der Waals surface area contributed by atoms with Crippen LogP contribution in [-0.2, 0) is 0 Å².